The van der Waals surface area contributed by atoms with Crippen molar-refractivity contribution in [2.24, 2.45) is 0 Å². The minimum absolute atomic E-state index is 0.0131. The third-order valence-electron chi connectivity index (χ3n) is 6.60. The van der Waals surface area contributed by atoms with Crippen LogP contribution in [0.3, 0.4) is 0 Å². The number of fused-ring (bicyclic) bond motifs is 1. The van der Waals surface area contributed by atoms with E-state index >= 15 is 0 Å². The van der Waals surface area contributed by atoms with E-state index in [1.54, 1.807) is 31.2 Å². The van der Waals surface area contributed by atoms with Crippen LogP contribution in [0.25, 0.3) is 0 Å². The topological polar surface area (TPSA) is 116 Å². The fourth-order valence-electron chi connectivity index (χ4n) is 4.84. The van der Waals surface area contributed by atoms with E-state index in [0.717, 1.165) is 25.0 Å². The number of anilines is 1. The molecule has 168 valence electrons. The smallest absolute Gasteiger partial charge is 0.292 e. The first kappa shape index (κ1) is 21.1. The highest BCUT2D eigenvalue weighted by atomic mass is 35.5. The molecule has 3 heterocycles. The van der Waals surface area contributed by atoms with Crippen molar-refractivity contribution in [3.05, 3.63) is 51.8 Å². The zero-order valence-corrected chi connectivity index (χ0v) is 18.4. The van der Waals surface area contributed by atoms with Crippen molar-refractivity contribution in [3.8, 4) is 0 Å². The fourth-order valence-corrected chi connectivity index (χ4v) is 5.03. The lowest BCUT2D eigenvalue weighted by Crippen LogP contribution is -2.53. The Bertz CT molecular complexity index is 1120. The average molecular weight is 457 g/mol. The molecule has 1 aromatic carbocycles. The largest absolute Gasteiger partial charge is 0.342 e. The number of benzene rings is 1. The summed E-state index contributed by atoms with van der Waals surface area (Å²) in [7, 11) is 0. The van der Waals surface area contributed by atoms with Gasteiger partial charge in [0, 0.05) is 29.5 Å². The molecule has 1 saturated carbocycles. The number of hydrazine groups is 2. The lowest BCUT2D eigenvalue weighted by molar-refractivity contribution is -0.118. The number of carbonyl (C=O) groups is 3. The van der Waals surface area contributed by atoms with Crippen LogP contribution < -0.4 is 27.0 Å². The van der Waals surface area contributed by atoms with E-state index in [1.807, 2.05) is 4.57 Å². The van der Waals surface area contributed by atoms with Crippen molar-refractivity contribution in [2.45, 2.75) is 50.7 Å². The Hall–Kier alpha value is -2.72. The van der Waals surface area contributed by atoms with Crippen LogP contribution in [0.15, 0.2) is 24.3 Å². The zero-order valence-electron chi connectivity index (χ0n) is 17.7. The third kappa shape index (κ3) is 3.61. The van der Waals surface area contributed by atoms with Gasteiger partial charge in [-0.3, -0.25) is 14.4 Å². The lowest BCUT2D eigenvalue weighted by atomic mass is 10.0. The number of carbonyl (C=O) groups excluding carboxylic acids is 3. The summed E-state index contributed by atoms with van der Waals surface area (Å²) in [6.45, 7) is 3.03. The van der Waals surface area contributed by atoms with Crippen LogP contribution >= 0.6 is 11.6 Å². The number of ketones is 1. The maximum atomic E-state index is 13.3. The maximum Gasteiger partial charge on any atom is 0.292 e. The van der Waals surface area contributed by atoms with Gasteiger partial charge >= 0.3 is 0 Å². The molecule has 5 N–H and O–H groups in total. The molecule has 2 aromatic rings. The number of rotatable bonds is 6. The Morgan fingerprint density at radius 3 is 2.75 bits per heavy atom. The molecule has 2 amide bonds. The summed E-state index contributed by atoms with van der Waals surface area (Å²) in [5.74, 6) is -1.53. The Morgan fingerprint density at radius 2 is 2.06 bits per heavy atom. The molecular weight excluding hydrogens is 432 g/mol. The number of amides is 2. The Labute approximate surface area is 190 Å². The highest BCUT2D eigenvalue weighted by Crippen LogP contribution is 2.39. The molecule has 10 heteroatoms. The quantitative estimate of drug-likeness (QED) is 0.332. The molecule has 5 rings (SSSR count). The first-order valence-corrected chi connectivity index (χ1v) is 11.2. The highest BCUT2D eigenvalue weighted by Gasteiger charge is 2.52. The summed E-state index contributed by atoms with van der Waals surface area (Å²) in [6, 6.07) is 6.91. The summed E-state index contributed by atoms with van der Waals surface area (Å²) >= 11 is 6.03. The summed E-state index contributed by atoms with van der Waals surface area (Å²) in [5, 5.41) is 6.33. The SMILES string of the molecule is Cc1c(C(=O)C(=O)NC2(C3CNNN3)CC2)c2n(c1C(=O)Nc1cccc(Cl)c1)CCC2. The number of aromatic nitrogens is 1. The molecular formula is C22H25ClN6O3. The van der Waals surface area contributed by atoms with Crippen molar-refractivity contribution in [3.63, 3.8) is 0 Å². The van der Waals surface area contributed by atoms with Crippen molar-refractivity contribution >= 4 is 34.9 Å². The molecule has 0 bridgehead atoms. The molecule has 3 aliphatic rings. The molecule has 1 aliphatic carbocycles. The minimum atomic E-state index is -0.624. The van der Waals surface area contributed by atoms with Crippen LogP contribution in [0.4, 0.5) is 5.69 Å². The molecule has 9 nitrogen and oxygen atoms in total. The van der Waals surface area contributed by atoms with Crippen molar-refractivity contribution < 1.29 is 14.4 Å². The van der Waals surface area contributed by atoms with Crippen LogP contribution in [0.2, 0.25) is 5.02 Å². The molecule has 2 fully saturated rings. The third-order valence-corrected chi connectivity index (χ3v) is 6.83. The maximum absolute atomic E-state index is 13.3. The van der Waals surface area contributed by atoms with Crippen molar-refractivity contribution in [1.29, 1.82) is 0 Å². The normalized spacial score (nSPS) is 20.6. The van der Waals surface area contributed by atoms with E-state index in [2.05, 4.69) is 27.0 Å². The monoisotopic (exact) mass is 456 g/mol. The second kappa shape index (κ2) is 8.00. The number of hydrogen-bond acceptors (Lipinski definition) is 6. The van der Waals surface area contributed by atoms with E-state index in [9.17, 15) is 14.4 Å². The van der Waals surface area contributed by atoms with Gasteiger partial charge in [0.15, 0.2) is 0 Å². The molecule has 0 spiro atoms. The van der Waals surface area contributed by atoms with Gasteiger partial charge in [-0.15, -0.1) is 0 Å². The number of nitrogens with one attached hydrogen (secondary N) is 5. The Balaban J connectivity index is 1.40. The van der Waals surface area contributed by atoms with E-state index in [4.69, 9.17) is 11.6 Å². The first-order chi connectivity index (χ1) is 15.4. The summed E-state index contributed by atoms with van der Waals surface area (Å²) in [4.78, 5) is 39.3. The van der Waals surface area contributed by atoms with Crippen LogP contribution in [0.5, 0.6) is 0 Å². The van der Waals surface area contributed by atoms with Crippen LogP contribution in [0, 0.1) is 6.92 Å². The van der Waals surface area contributed by atoms with E-state index in [1.165, 1.54) is 0 Å². The molecule has 1 atom stereocenters. The first-order valence-electron chi connectivity index (χ1n) is 10.8. The molecule has 2 aliphatic heterocycles. The van der Waals surface area contributed by atoms with Crippen LogP contribution in [-0.4, -0.2) is 40.3 Å². The molecule has 1 unspecified atom stereocenters. The highest BCUT2D eigenvalue weighted by molar-refractivity contribution is 6.44. The Kier molecular flexibility index (Phi) is 5.29. The minimum Gasteiger partial charge on any atom is -0.342 e. The number of Topliss-reactive ketones (excluding diaryl/α,β-unsaturated/α-hetero) is 1. The molecule has 32 heavy (non-hydrogen) atoms. The van der Waals surface area contributed by atoms with Gasteiger partial charge in [0.05, 0.1) is 17.1 Å². The van der Waals surface area contributed by atoms with Crippen molar-refractivity contribution in [1.82, 2.24) is 26.3 Å². The molecule has 1 saturated heterocycles. The second-order valence-corrected chi connectivity index (χ2v) is 9.09. The number of hydrogen-bond donors (Lipinski definition) is 5. The van der Waals surface area contributed by atoms with Gasteiger partial charge in [-0.05, 0) is 56.4 Å². The number of nitrogens with zero attached hydrogens (tertiary/aromatic N) is 1. The van der Waals surface area contributed by atoms with Gasteiger partial charge in [0.1, 0.15) is 5.69 Å². The van der Waals surface area contributed by atoms with E-state index in [-0.39, 0.29) is 11.9 Å². The van der Waals surface area contributed by atoms with Gasteiger partial charge in [0.25, 0.3) is 17.6 Å². The predicted molar refractivity (Wildman–Crippen MR) is 119 cm³/mol. The summed E-state index contributed by atoms with van der Waals surface area (Å²) in [5.41, 5.74) is 11.1. The van der Waals surface area contributed by atoms with E-state index < -0.39 is 17.2 Å². The van der Waals surface area contributed by atoms with Gasteiger partial charge in [-0.1, -0.05) is 17.7 Å². The van der Waals surface area contributed by atoms with Crippen LogP contribution in [-0.2, 0) is 17.8 Å². The van der Waals surface area contributed by atoms with Crippen molar-refractivity contribution in [2.75, 3.05) is 11.9 Å². The zero-order chi connectivity index (χ0) is 22.5. The van der Waals surface area contributed by atoms with Gasteiger partial charge in [-0.2, -0.15) is 5.53 Å². The Morgan fingerprint density at radius 1 is 1.25 bits per heavy atom. The lowest BCUT2D eigenvalue weighted by Gasteiger charge is -2.22. The van der Waals surface area contributed by atoms with Gasteiger partial charge in [-0.25, -0.2) is 10.9 Å². The van der Waals surface area contributed by atoms with E-state index in [0.29, 0.717) is 47.0 Å². The van der Waals surface area contributed by atoms with Gasteiger partial charge in [0.2, 0.25) is 0 Å². The summed E-state index contributed by atoms with van der Waals surface area (Å²) in [6.07, 6.45) is 3.10. The van der Waals surface area contributed by atoms with Crippen LogP contribution in [0.1, 0.15) is 51.4 Å². The fraction of sp³-hybridized carbons (Fsp3) is 0.409. The average Bonchev–Trinajstić information content (AvgIpc) is 3.13. The van der Waals surface area contributed by atoms with Gasteiger partial charge < -0.3 is 15.2 Å². The standard InChI is InChI=1S/C22H25ClN6O3/c1-12-17(19(30)21(32)26-22(7-8-22)16-11-24-28-27-16)15-6-3-9-29(15)18(12)20(31)25-14-5-2-4-13(23)10-14/h2,4-5,10,16,24,27-28H,3,6-9,11H2,1H3,(H,25,31)(H,26,32). The predicted octanol–water partition coefficient (Wildman–Crippen LogP) is 1.46. The second-order valence-electron chi connectivity index (χ2n) is 8.66. The number of halogens is 1. The summed E-state index contributed by atoms with van der Waals surface area (Å²) < 4.78 is 1.87. The molecule has 0 radical (unpaired) electrons. The molecule has 1 aromatic heterocycles.